The van der Waals surface area contributed by atoms with Gasteiger partial charge in [0.2, 0.25) is 0 Å². The van der Waals surface area contributed by atoms with Crippen LogP contribution in [0.1, 0.15) is 23.0 Å². The van der Waals surface area contributed by atoms with Crippen LogP contribution in [0.5, 0.6) is 0 Å². The molecule has 0 saturated carbocycles. The second-order valence-electron chi connectivity index (χ2n) is 4.56. The predicted molar refractivity (Wildman–Crippen MR) is 77.6 cm³/mol. The number of likely N-dealkylation sites (N-methyl/N-ethyl adjacent to an activating group) is 1. The summed E-state index contributed by atoms with van der Waals surface area (Å²) in [6, 6.07) is 6.78. The number of aryl methyl sites for hydroxylation is 2. The van der Waals surface area contributed by atoms with E-state index < -0.39 is 0 Å². The Hall–Kier alpha value is -1.13. The number of aromatic nitrogens is 2. The molecule has 0 fully saturated rings. The van der Waals surface area contributed by atoms with Gasteiger partial charge in [0, 0.05) is 36.4 Å². The maximum absolute atomic E-state index is 4.39. The quantitative estimate of drug-likeness (QED) is 0.941. The highest BCUT2D eigenvalue weighted by atomic mass is 79.9. The van der Waals surface area contributed by atoms with E-state index in [2.05, 4.69) is 55.9 Å². The first-order valence-electron chi connectivity index (χ1n) is 6.00. The van der Waals surface area contributed by atoms with Crippen LogP contribution in [0.3, 0.4) is 0 Å². The summed E-state index contributed by atoms with van der Waals surface area (Å²) in [5, 5.41) is 3.36. The number of imidazole rings is 1. The molecular formula is C14H18BrN3. The van der Waals surface area contributed by atoms with E-state index in [-0.39, 0.29) is 6.04 Å². The van der Waals surface area contributed by atoms with Crippen LogP contribution < -0.4 is 5.32 Å². The van der Waals surface area contributed by atoms with Gasteiger partial charge in [-0.15, -0.1) is 0 Å². The average molecular weight is 308 g/mol. The summed E-state index contributed by atoms with van der Waals surface area (Å²) in [4.78, 5) is 4.39. The van der Waals surface area contributed by atoms with Gasteiger partial charge in [-0.25, -0.2) is 4.98 Å². The molecule has 96 valence electrons. The lowest BCUT2D eigenvalue weighted by Crippen LogP contribution is -2.20. The molecule has 2 rings (SSSR count). The van der Waals surface area contributed by atoms with Crippen molar-refractivity contribution in [3.05, 3.63) is 52.0 Å². The van der Waals surface area contributed by atoms with Gasteiger partial charge in [0.05, 0.1) is 0 Å². The molecule has 2 aromatic rings. The highest BCUT2D eigenvalue weighted by Gasteiger charge is 2.13. The van der Waals surface area contributed by atoms with E-state index >= 15 is 0 Å². The van der Waals surface area contributed by atoms with Gasteiger partial charge in [-0.1, -0.05) is 22.0 Å². The monoisotopic (exact) mass is 307 g/mol. The van der Waals surface area contributed by atoms with Crippen LogP contribution in [0, 0.1) is 6.92 Å². The molecule has 1 aromatic carbocycles. The zero-order valence-corrected chi connectivity index (χ0v) is 12.5. The number of rotatable bonds is 4. The fourth-order valence-corrected chi connectivity index (χ4v) is 2.75. The Morgan fingerprint density at radius 2 is 2.17 bits per heavy atom. The third-order valence-corrected chi connectivity index (χ3v) is 3.58. The van der Waals surface area contributed by atoms with Gasteiger partial charge in [-0.05, 0) is 37.2 Å². The maximum atomic E-state index is 4.39. The minimum absolute atomic E-state index is 0.280. The van der Waals surface area contributed by atoms with Crippen LogP contribution in [0.2, 0.25) is 0 Å². The van der Waals surface area contributed by atoms with Crippen molar-refractivity contribution >= 4 is 15.9 Å². The Morgan fingerprint density at radius 1 is 1.39 bits per heavy atom. The lowest BCUT2D eigenvalue weighted by molar-refractivity contribution is 0.563. The highest BCUT2D eigenvalue weighted by molar-refractivity contribution is 9.10. The third-order valence-electron chi connectivity index (χ3n) is 3.12. The first kappa shape index (κ1) is 13.3. The summed E-state index contributed by atoms with van der Waals surface area (Å²) in [6.07, 6.45) is 4.71. The smallest absolute Gasteiger partial charge is 0.110 e. The van der Waals surface area contributed by atoms with E-state index in [9.17, 15) is 0 Å². The molecule has 1 N–H and O–H groups in total. The highest BCUT2D eigenvalue weighted by Crippen LogP contribution is 2.23. The molecule has 0 radical (unpaired) electrons. The number of benzene rings is 1. The van der Waals surface area contributed by atoms with Gasteiger partial charge in [-0.2, -0.15) is 0 Å². The Kier molecular flexibility index (Phi) is 4.19. The minimum Gasteiger partial charge on any atom is -0.338 e. The van der Waals surface area contributed by atoms with Crippen LogP contribution in [0.15, 0.2) is 35.1 Å². The largest absolute Gasteiger partial charge is 0.338 e. The summed E-state index contributed by atoms with van der Waals surface area (Å²) in [5.41, 5.74) is 2.55. The summed E-state index contributed by atoms with van der Waals surface area (Å²) < 4.78 is 3.19. The van der Waals surface area contributed by atoms with Crippen molar-refractivity contribution in [3.8, 4) is 0 Å². The molecule has 18 heavy (non-hydrogen) atoms. The van der Waals surface area contributed by atoms with E-state index in [1.165, 1.54) is 11.1 Å². The molecule has 1 unspecified atom stereocenters. The minimum atomic E-state index is 0.280. The topological polar surface area (TPSA) is 29.9 Å². The summed E-state index contributed by atoms with van der Waals surface area (Å²) in [5.74, 6) is 1.09. The molecule has 4 heteroatoms. The molecule has 0 saturated heterocycles. The van der Waals surface area contributed by atoms with Crippen LogP contribution in [0.25, 0.3) is 0 Å². The Labute approximate surface area is 116 Å². The molecule has 0 amide bonds. The number of hydrogen-bond donors (Lipinski definition) is 1. The molecular weight excluding hydrogens is 290 g/mol. The van der Waals surface area contributed by atoms with Crippen LogP contribution in [-0.4, -0.2) is 16.6 Å². The second kappa shape index (κ2) is 5.67. The van der Waals surface area contributed by atoms with E-state index in [0.29, 0.717) is 0 Å². The van der Waals surface area contributed by atoms with Crippen molar-refractivity contribution in [1.82, 2.24) is 14.9 Å². The van der Waals surface area contributed by atoms with Crippen LogP contribution >= 0.6 is 15.9 Å². The zero-order valence-electron chi connectivity index (χ0n) is 10.9. The summed E-state index contributed by atoms with van der Waals surface area (Å²) in [7, 11) is 4.02. The SMILES string of the molecule is CNC(Cc1nccn1C)c1cc(C)cc(Br)c1. The van der Waals surface area contributed by atoms with Crippen LogP contribution in [-0.2, 0) is 13.5 Å². The molecule has 0 spiro atoms. The molecule has 1 heterocycles. The number of nitrogens with zero attached hydrogens (tertiary/aromatic N) is 2. The first-order valence-corrected chi connectivity index (χ1v) is 6.80. The fourth-order valence-electron chi connectivity index (χ4n) is 2.13. The van der Waals surface area contributed by atoms with Crippen molar-refractivity contribution in [2.45, 2.75) is 19.4 Å². The summed E-state index contributed by atoms with van der Waals surface area (Å²) >= 11 is 3.55. The molecule has 3 nitrogen and oxygen atoms in total. The number of nitrogens with one attached hydrogen (secondary N) is 1. The number of hydrogen-bond acceptors (Lipinski definition) is 2. The standard InChI is InChI=1S/C14H18BrN3/c1-10-6-11(8-12(15)7-10)13(16-2)9-14-17-4-5-18(14)3/h4-8,13,16H,9H2,1-3H3. The zero-order chi connectivity index (χ0) is 13.1. The van der Waals surface area contributed by atoms with Crippen molar-refractivity contribution < 1.29 is 0 Å². The molecule has 0 aliphatic rings. The van der Waals surface area contributed by atoms with Crippen LogP contribution in [0.4, 0.5) is 0 Å². The van der Waals surface area contributed by atoms with E-state index in [1.54, 1.807) is 0 Å². The van der Waals surface area contributed by atoms with E-state index in [4.69, 9.17) is 0 Å². The average Bonchev–Trinajstić information content (AvgIpc) is 2.70. The molecule has 0 aliphatic carbocycles. The van der Waals surface area contributed by atoms with Crippen molar-refractivity contribution in [3.63, 3.8) is 0 Å². The van der Waals surface area contributed by atoms with Gasteiger partial charge >= 0.3 is 0 Å². The van der Waals surface area contributed by atoms with Gasteiger partial charge in [0.1, 0.15) is 5.82 Å². The van der Waals surface area contributed by atoms with Gasteiger partial charge in [0.15, 0.2) is 0 Å². The van der Waals surface area contributed by atoms with E-state index in [0.717, 1.165) is 16.7 Å². The Morgan fingerprint density at radius 3 is 2.72 bits per heavy atom. The first-order chi connectivity index (χ1) is 8.60. The molecule has 0 aliphatic heterocycles. The van der Waals surface area contributed by atoms with E-state index in [1.807, 2.05) is 26.5 Å². The molecule has 0 bridgehead atoms. The lowest BCUT2D eigenvalue weighted by atomic mass is 10.0. The Balaban J connectivity index is 2.25. The Bertz CT molecular complexity index is 513. The van der Waals surface area contributed by atoms with Gasteiger partial charge in [-0.3, -0.25) is 0 Å². The molecule has 1 aromatic heterocycles. The third kappa shape index (κ3) is 3.00. The fraction of sp³-hybridized carbons (Fsp3) is 0.357. The van der Waals surface area contributed by atoms with Crippen molar-refractivity contribution in [1.29, 1.82) is 0 Å². The lowest BCUT2D eigenvalue weighted by Gasteiger charge is -2.17. The van der Waals surface area contributed by atoms with Crippen molar-refractivity contribution in [2.75, 3.05) is 7.05 Å². The normalized spacial score (nSPS) is 12.7. The maximum Gasteiger partial charge on any atom is 0.110 e. The number of halogens is 1. The summed E-state index contributed by atoms with van der Waals surface area (Å²) in [6.45, 7) is 2.11. The molecule has 1 atom stereocenters. The predicted octanol–water partition coefficient (Wildman–Crippen LogP) is 2.99. The van der Waals surface area contributed by atoms with Gasteiger partial charge in [0.25, 0.3) is 0 Å². The second-order valence-corrected chi connectivity index (χ2v) is 5.48. The van der Waals surface area contributed by atoms with Crippen molar-refractivity contribution in [2.24, 2.45) is 7.05 Å². The van der Waals surface area contributed by atoms with Gasteiger partial charge < -0.3 is 9.88 Å².